The molecule has 0 saturated heterocycles. The van der Waals surface area contributed by atoms with E-state index in [-0.39, 0.29) is 11.8 Å². The maximum Gasteiger partial charge on any atom is 0.328 e. The maximum absolute atomic E-state index is 12.5. The molecule has 0 bridgehead atoms. The lowest BCUT2D eigenvalue weighted by molar-refractivity contribution is -0.145. The minimum atomic E-state index is -0.728. The summed E-state index contributed by atoms with van der Waals surface area (Å²) in [5.74, 6) is -0.698. The number of allylic oxidation sites excluding steroid dienone is 24. The fraction of sp³-hybridized carbons (Fsp3) is 0.460. The van der Waals surface area contributed by atoms with Crippen LogP contribution in [0.1, 0.15) is 129 Å². The van der Waals surface area contributed by atoms with Crippen LogP contribution in [0.2, 0.25) is 0 Å². The van der Waals surface area contributed by atoms with Gasteiger partial charge in [0.15, 0.2) is 0 Å². The molecule has 56 heavy (non-hydrogen) atoms. The zero-order valence-corrected chi connectivity index (χ0v) is 35.0. The van der Waals surface area contributed by atoms with Gasteiger partial charge in [0, 0.05) is 19.4 Å². The number of carbonyl (C=O) groups is 3. The molecular weight excluding hydrogens is 693 g/mol. The van der Waals surface area contributed by atoms with Crippen molar-refractivity contribution in [1.29, 1.82) is 0 Å². The Morgan fingerprint density at radius 1 is 0.446 bits per heavy atom. The van der Waals surface area contributed by atoms with Gasteiger partial charge in [0.2, 0.25) is 11.8 Å². The Morgan fingerprint density at radius 2 is 0.750 bits per heavy atom. The molecule has 1 atom stereocenters. The van der Waals surface area contributed by atoms with Crippen LogP contribution in [0.5, 0.6) is 0 Å². The summed E-state index contributed by atoms with van der Waals surface area (Å²) >= 11 is 0. The van der Waals surface area contributed by atoms with Gasteiger partial charge < -0.3 is 15.4 Å². The van der Waals surface area contributed by atoms with Crippen LogP contribution >= 0.6 is 0 Å². The second kappa shape index (κ2) is 43.0. The third-order valence-corrected chi connectivity index (χ3v) is 8.08. The van der Waals surface area contributed by atoms with Gasteiger partial charge in [-0.2, -0.15) is 0 Å². The average molecular weight is 767 g/mol. The van der Waals surface area contributed by atoms with Crippen LogP contribution in [0.4, 0.5) is 0 Å². The molecule has 6 nitrogen and oxygen atoms in total. The highest BCUT2D eigenvalue weighted by Crippen LogP contribution is 2.04. The Kier molecular flexibility index (Phi) is 39.4. The minimum absolute atomic E-state index is 0.0282. The fourth-order valence-corrected chi connectivity index (χ4v) is 4.99. The molecule has 0 saturated carbocycles. The molecule has 0 unspecified atom stereocenters. The van der Waals surface area contributed by atoms with E-state index in [9.17, 15) is 14.4 Å². The largest absolute Gasteiger partial charge is 0.467 e. The lowest BCUT2D eigenvalue weighted by Crippen LogP contribution is -2.42. The lowest BCUT2D eigenvalue weighted by Gasteiger charge is -2.16. The third-order valence-electron chi connectivity index (χ3n) is 8.08. The third kappa shape index (κ3) is 39.0. The van der Waals surface area contributed by atoms with E-state index >= 15 is 0 Å². The van der Waals surface area contributed by atoms with Crippen molar-refractivity contribution in [1.82, 2.24) is 10.6 Å². The topological polar surface area (TPSA) is 84.5 Å². The predicted molar refractivity (Wildman–Crippen MR) is 241 cm³/mol. The van der Waals surface area contributed by atoms with Crippen LogP contribution in [0, 0.1) is 0 Å². The highest BCUT2D eigenvalue weighted by molar-refractivity contribution is 5.84. The van der Waals surface area contributed by atoms with Gasteiger partial charge in [0.25, 0.3) is 0 Å². The summed E-state index contributed by atoms with van der Waals surface area (Å²) in [6, 6.07) is -0.728. The van der Waals surface area contributed by atoms with Crippen molar-refractivity contribution in [2.75, 3.05) is 13.7 Å². The van der Waals surface area contributed by atoms with Crippen molar-refractivity contribution in [2.24, 2.45) is 0 Å². The molecule has 0 aromatic rings. The smallest absolute Gasteiger partial charge is 0.328 e. The van der Waals surface area contributed by atoms with Gasteiger partial charge >= 0.3 is 5.97 Å². The number of amides is 2. The van der Waals surface area contributed by atoms with E-state index in [1.807, 2.05) is 18.2 Å². The summed E-state index contributed by atoms with van der Waals surface area (Å²) in [4.78, 5) is 36.9. The molecule has 2 N–H and O–H groups in total. The molecule has 0 heterocycles. The van der Waals surface area contributed by atoms with Crippen molar-refractivity contribution in [3.05, 3.63) is 146 Å². The number of esters is 1. The second-order valence-corrected chi connectivity index (χ2v) is 13.0. The number of carbonyl (C=O) groups excluding carboxylic acids is 3. The Bertz CT molecular complexity index is 1350. The maximum atomic E-state index is 12.5. The first-order chi connectivity index (χ1) is 27.5. The Labute approximate surface area is 341 Å². The normalized spacial score (nSPS) is 13.6. The highest BCUT2D eigenvalue weighted by atomic mass is 16.5. The number of methoxy groups -OCH3 is 1. The van der Waals surface area contributed by atoms with E-state index in [2.05, 4.69) is 152 Å². The van der Waals surface area contributed by atoms with E-state index in [4.69, 9.17) is 4.74 Å². The quantitative estimate of drug-likeness (QED) is 0.0388. The number of hydrogen-bond donors (Lipinski definition) is 2. The van der Waals surface area contributed by atoms with Crippen LogP contribution < -0.4 is 10.6 Å². The lowest BCUT2D eigenvalue weighted by atomic mass is 10.1. The van der Waals surface area contributed by atoms with Gasteiger partial charge in [-0.3, -0.25) is 9.59 Å². The van der Waals surface area contributed by atoms with Crippen LogP contribution in [0.25, 0.3) is 0 Å². The standard InChI is InChI=1S/C50H74N2O4/c1-4-6-8-10-12-14-16-18-20-22-24-26-28-30-32-34-36-38-40-44-48(53)51-46-42-43-47(50(55)56-3)52-49(54)45-41-39-37-35-33-31-29-27-25-23-21-19-17-15-13-11-9-7-5-2/h6-9,12-15,18-21,24-27,30-33,36-39,47H,4-5,10-11,16-17,22-23,28-29,34-35,40-46H2,1-3H3,(H,51,53)(H,52,54)/b8-6-,9-7-,14-12-,15-13-,20-18-,21-19-,26-24-,27-25-,32-30-,33-31-,38-36-,39-37-/t47-/m0/s1. The van der Waals surface area contributed by atoms with Crippen molar-refractivity contribution in [3.63, 3.8) is 0 Å². The van der Waals surface area contributed by atoms with Crippen LogP contribution in [0.15, 0.2) is 146 Å². The molecule has 0 aliphatic carbocycles. The highest BCUT2D eigenvalue weighted by Gasteiger charge is 2.20. The van der Waals surface area contributed by atoms with Gasteiger partial charge in [0.1, 0.15) is 6.04 Å². The van der Waals surface area contributed by atoms with E-state index in [1.165, 1.54) is 7.11 Å². The summed E-state index contributed by atoms with van der Waals surface area (Å²) in [5, 5.41) is 5.69. The van der Waals surface area contributed by atoms with Gasteiger partial charge in [-0.1, -0.05) is 160 Å². The van der Waals surface area contributed by atoms with Crippen molar-refractivity contribution in [2.45, 2.75) is 135 Å². The summed E-state index contributed by atoms with van der Waals surface area (Å²) in [6.07, 6.45) is 66.2. The van der Waals surface area contributed by atoms with Crippen molar-refractivity contribution < 1.29 is 19.1 Å². The molecule has 0 fully saturated rings. The first-order valence-corrected chi connectivity index (χ1v) is 21.0. The summed E-state index contributed by atoms with van der Waals surface area (Å²) in [5.41, 5.74) is 0. The minimum Gasteiger partial charge on any atom is -0.467 e. The van der Waals surface area contributed by atoms with Crippen LogP contribution in [-0.2, 0) is 19.1 Å². The van der Waals surface area contributed by atoms with Gasteiger partial charge in [-0.15, -0.1) is 0 Å². The van der Waals surface area contributed by atoms with E-state index < -0.39 is 12.0 Å². The molecule has 308 valence electrons. The van der Waals surface area contributed by atoms with Crippen LogP contribution in [0.3, 0.4) is 0 Å². The van der Waals surface area contributed by atoms with Gasteiger partial charge in [0.05, 0.1) is 7.11 Å². The summed E-state index contributed by atoms with van der Waals surface area (Å²) < 4.78 is 4.89. The molecule has 0 aromatic heterocycles. The monoisotopic (exact) mass is 767 g/mol. The summed E-state index contributed by atoms with van der Waals surface area (Å²) in [7, 11) is 1.32. The fourth-order valence-electron chi connectivity index (χ4n) is 4.99. The first-order valence-electron chi connectivity index (χ1n) is 21.0. The average Bonchev–Trinajstić information content (AvgIpc) is 3.20. The summed E-state index contributed by atoms with van der Waals surface area (Å²) in [6.45, 7) is 4.73. The van der Waals surface area contributed by atoms with E-state index in [1.54, 1.807) is 0 Å². The Morgan fingerprint density at radius 3 is 1.07 bits per heavy atom. The molecule has 6 heteroatoms. The molecule has 0 aromatic carbocycles. The SMILES string of the molecule is CC/C=C\C/C=C\C/C=C\C/C=C\C/C=C\C/C=C\CCC(=O)NCCC[C@H](NC(=O)CC/C=C\C/C=C\C/C=C\C/C=C\C/C=C\C/C=C\CC)C(=O)OC. The number of hydrogen-bond acceptors (Lipinski definition) is 4. The Hall–Kier alpha value is -4.71. The first kappa shape index (κ1) is 51.3. The molecule has 0 aliphatic rings. The zero-order chi connectivity index (χ0) is 40.8. The van der Waals surface area contributed by atoms with Gasteiger partial charge in [-0.25, -0.2) is 4.79 Å². The predicted octanol–water partition coefficient (Wildman–Crippen LogP) is 12.5. The second-order valence-electron chi connectivity index (χ2n) is 13.0. The zero-order valence-electron chi connectivity index (χ0n) is 35.0. The van der Waals surface area contributed by atoms with E-state index in [0.717, 1.165) is 77.0 Å². The van der Waals surface area contributed by atoms with Crippen LogP contribution in [-0.4, -0.2) is 37.5 Å². The molecule has 2 amide bonds. The van der Waals surface area contributed by atoms with E-state index in [0.29, 0.717) is 45.1 Å². The van der Waals surface area contributed by atoms with Crippen molar-refractivity contribution >= 4 is 17.8 Å². The number of nitrogens with one attached hydrogen (secondary N) is 2. The molecule has 0 aliphatic heterocycles. The number of ether oxygens (including phenoxy) is 1. The molecule has 0 radical (unpaired) electrons. The van der Waals surface area contributed by atoms with Gasteiger partial charge in [-0.05, 0) is 103 Å². The Balaban J connectivity index is 4.02. The molecule has 0 rings (SSSR count). The molecule has 0 spiro atoms. The molecular formula is C50H74N2O4. The van der Waals surface area contributed by atoms with Crippen molar-refractivity contribution in [3.8, 4) is 0 Å². The number of rotatable bonds is 34.